The lowest BCUT2D eigenvalue weighted by Gasteiger charge is -2.06. The molecule has 0 atom stereocenters. The third-order valence-electron chi connectivity index (χ3n) is 1.39. The van der Waals surface area contributed by atoms with Gasteiger partial charge in [-0.15, -0.1) is 0 Å². The normalized spacial score (nSPS) is 9.77. The fraction of sp³-hybridized carbons (Fsp3) is 0.222. The molecule has 0 saturated heterocycles. The predicted octanol–water partition coefficient (Wildman–Crippen LogP) is 2.88. The van der Waals surface area contributed by atoms with Gasteiger partial charge < -0.3 is 4.74 Å². The standard InChI is InChI=1S/C9H9ClFNO/c1-3-13-6(2)9-8(11)4-7(10)5-12-9/h4-5H,2-3H2,1H3. The number of halogens is 2. The van der Waals surface area contributed by atoms with Crippen LogP contribution in [-0.4, -0.2) is 11.6 Å². The van der Waals surface area contributed by atoms with E-state index in [0.717, 1.165) is 0 Å². The maximum Gasteiger partial charge on any atom is 0.154 e. The molecule has 0 saturated carbocycles. The number of nitrogens with zero attached hydrogens (tertiary/aromatic N) is 1. The van der Waals surface area contributed by atoms with Gasteiger partial charge in [0.15, 0.2) is 5.82 Å². The highest BCUT2D eigenvalue weighted by atomic mass is 35.5. The lowest BCUT2D eigenvalue weighted by atomic mass is 10.3. The molecule has 1 aromatic heterocycles. The molecular formula is C9H9ClFNO. The van der Waals surface area contributed by atoms with Gasteiger partial charge in [0.05, 0.1) is 11.6 Å². The zero-order valence-corrected chi connectivity index (χ0v) is 7.94. The first kappa shape index (κ1) is 9.99. The number of pyridine rings is 1. The van der Waals surface area contributed by atoms with E-state index in [1.165, 1.54) is 12.3 Å². The Hall–Kier alpha value is -1.09. The number of hydrogen-bond donors (Lipinski definition) is 0. The molecule has 0 fully saturated rings. The highest BCUT2D eigenvalue weighted by molar-refractivity contribution is 6.30. The molecule has 0 radical (unpaired) electrons. The van der Waals surface area contributed by atoms with Crippen molar-refractivity contribution in [1.82, 2.24) is 4.98 Å². The number of aromatic nitrogens is 1. The quantitative estimate of drug-likeness (QED) is 0.702. The zero-order valence-electron chi connectivity index (χ0n) is 7.18. The number of hydrogen-bond acceptors (Lipinski definition) is 2. The minimum atomic E-state index is -0.522. The first-order valence-corrected chi connectivity index (χ1v) is 4.16. The summed E-state index contributed by atoms with van der Waals surface area (Å²) >= 11 is 5.53. The van der Waals surface area contributed by atoms with Gasteiger partial charge in [-0.05, 0) is 13.0 Å². The second-order valence-corrected chi connectivity index (χ2v) is 2.78. The van der Waals surface area contributed by atoms with Crippen LogP contribution >= 0.6 is 11.6 Å². The Kier molecular flexibility index (Phi) is 3.25. The average Bonchev–Trinajstić information content (AvgIpc) is 2.04. The van der Waals surface area contributed by atoms with E-state index in [4.69, 9.17) is 16.3 Å². The van der Waals surface area contributed by atoms with Gasteiger partial charge in [-0.2, -0.15) is 0 Å². The fourth-order valence-electron chi connectivity index (χ4n) is 0.862. The van der Waals surface area contributed by atoms with Crippen LogP contribution in [-0.2, 0) is 4.74 Å². The summed E-state index contributed by atoms with van der Waals surface area (Å²) in [4.78, 5) is 3.76. The molecule has 0 aliphatic rings. The highest BCUT2D eigenvalue weighted by Gasteiger charge is 2.08. The predicted molar refractivity (Wildman–Crippen MR) is 49.9 cm³/mol. The van der Waals surface area contributed by atoms with Crippen molar-refractivity contribution in [2.45, 2.75) is 6.92 Å². The Balaban J connectivity index is 2.95. The van der Waals surface area contributed by atoms with E-state index in [1.807, 2.05) is 0 Å². The topological polar surface area (TPSA) is 22.1 Å². The summed E-state index contributed by atoms with van der Waals surface area (Å²) in [5.74, 6) is -0.303. The molecule has 4 heteroatoms. The van der Waals surface area contributed by atoms with Crippen LogP contribution in [0.3, 0.4) is 0 Å². The van der Waals surface area contributed by atoms with E-state index in [1.54, 1.807) is 6.92 Å². The van der Waals surface area contributed by atoms with Gasteiger partial charge >= 0.3 is 0 Å². The third-order valence-corrected chi connectivity index (χ3v) is 1.60. The van der Waals surface area contributed by atoms with E-state index in [0.29, 0.717) is 6.61 Å². The van der Waals surface area contributed by atoms with E-state index >= 15 is 0 Å². The monoisotopic (exact) mass is 201 g/mol. The zero-order chi connectivity index (χ0) is 9.84. The molecule has 0 amide bonds. The van der Waals surface area contributed by atoms with Gasteiger partial charge in [0.25, 0.3) is 0 Å². The summed E-state index contributed by atoms with van der Waals surface area (Å²) in [5.41, 5.74) is 0.103. The Morgan fingerprint density at radius 3 is 3.00 bits per heavy atom. The van der Waals surface area contributed by atoms with Crippen LogP contribution in [0.4, 0.5) is 4.39 Å². The van der Waals surface area contributed by atoms with Crippen LogP contribution in [0.5, 0.6) is 0 Å². The van der Waals surface area contributed by atoms with Crippen LogP contribution in [0.2, 0.25) is 5.02 Å². The molecule has 13 heavy (non-hydrogen) atoms. The maximum atomic E-state index is 13.1. The van der Waals surface area contributed by atoms with Gasteiger partial charge in [0, 0.05) is 6.20 Å². The van der Waals surface area contributed by atoms with Crippen LogP contribution in [0.1, 0.15) is 12.6 Å². The van der Waals surface area contributed by atoms with E-state index in [2.05, 4.69) is 11.6 Å². The van der Waals surface area contributed by atoms with Gasteiger partial charge in [-0.3, -0.25) is 0 Å². The highest BCUT2D eigenvalue weighted by Crippen LogP contribution is 2.18. The Labute approximate surface area is 81.0 Å². The lowest BCUT2D eigenvalue weighted by molar-refractivity contribution is 0.296. The Morgan fingerprint density at radius 1 is 1.77 bits per heavy atom. The SMILES string of the molecule is C=C(OCC)c1ncc(Cl)cc1F. The first-order chi connectivity index (χ1) is 6.15. The summed E-state index contributed by atoms with van der Waals surface area (Å²) < 4.78 is 18.1. The molecule has 70 valence electrons. The molecule has 1 heterocycles. The van der Waals surface area contributed by atoms with Crippen molar-refractivity contribution in [3.8, 4) is 0 Å². The summed E-state index contributed by atoms with van der Waals surface area (Å²) in [6.07, 6.45) is 1.35. The van der Waals surface area contributed by atoms with Crippen LogP contribution in [0.15, 0.2) is 18.8 Å². The number of ether oxygens (including phenoxy) is 1. The maximum absolute atomic E-state index is 13.1. The lowest BCUT2D eigenvalue weighted by Crippen LogP contribution is -1.96. The second kappa shape index (κ2) is 4.23. The van der Waals surface area contributed by atoms with Gasteiger partial charge in [-0.1, -0.05) is 18.2 Å². The molecule has 0 unspecified atom stereocenters. The van der Waals surface area contributed by atoms with Gasteiger partial charge in [0.2, 0.25) is 0 Å². The van der Waals surface area contributed by atoms with Gasteiger partial charge in [-0.25, -0.2) is 9.37 Å². The first-order valence-electron chi connectivity index (χ1n) is 3.78. The van der Waals surface area contributed by atoms with Crippen LogP contribution < -0.4 is 0 Å². The molecule has 0 aliphatic heterocycles. The van der Waals surface area contributed by atoms with Crippen LogP contribution in [0.25, 0.3) is 5.76 Å². The summed E-state index contributed by atoms with van der Waals surface area (Å²) in [5, 5.41) is 0.255. The summed E-state index contributed by atoms with van der Waals surface area (Å²) in [6, 6.07) is 1.17. The minimum Gasteiger partial charge on any atom is -0.492 e. The Morgan fingerprint density at radius 2 is 2.46 bits per heavy atom. The fourth-order valence-corrected chi connectivity index (χ4v) is 1.01. The third kappa shape index (κ3) is 2.42. The van der Waals surface area contributed by atoms with E-state index < -0.39 is 5.82 Å². The summed E-state index contributed by atoms with van der Waals surface area (Å²) in [6.45, 7) is 5.76. The van der Waals surface area contributed by atoms with Gasteiger partial charge in [0.1, 0.15) is 11.5 Å². The number of rotatable bonds is 3. The molecule has 1 rings (SSSR count). The smallest absolute Gasteiger partial charge is 0.154 e. The molecule has 1 aromatic rings. The minimum absolute atomic E-state index is 0.103. The molecule has 0 aromatic carbocycles. The average molecular weight is 202 g/mol. The van der Waals surface area contributed by atoms with Crippen molar-refractivity contribution in [2.75, 3.05) is 6.61 Å². The second-order valence-electron chi connectivity index (χ2n) is 2.34. The molecular weight excluding hydrogens is 193 g/mol. The molecule has 0 aliphatic carbocycles. The van der Waals surface area contributed by atoms with E-state index in [9.17, 15) is 4.39 Å². The molecule has 2 nitrogen and oxygen atoms in total. The van der Waals surface area contributed by atoms with Crippen molar-refractivity contribution in [3.05, 3.63) is 35.4 Å². The van der Waals surface area contributed by atoms with Crippen molar-refractivity contribution in [3.63, 3.8) is 0 Å². The molecule has 0 spiro atoms. The Bertz CT molecular complexity index is 327. The van der Waals surface area contributed by atoms with Crippen molar-refractivity contribution in [2.24, 2.45) is 0 Å². The molecule has 0 bridgehead atoms. The van der Waals surface area contributed by atoms with Crippen molar-refractivity contribution >= 4 is 17.4 Å². The van der Waals surface area contributed by atoms with Crippen molar-refractivity contribution in [1.29, 1.82) is 0 Å². The van der Waals surface area contributed by atoms with Crippen LogP contribution in [0, 0.1) is 5.82 Å². The molecule has 0 N–H and O–H groups in total. The summed E-state index contributed by atoms with van der Waals surface area (Å²) in [7, 11) is 0. The van der Waals surface area contributed by atoms with E-state index in [-0.39, 0.29) is 16.5 Å². The largest absolute Gasteiger partial charge is 0.492 e. The van der Waals surface area contributed by atoms with Crippen molar-refractivity contribution < 1.29 is 9.13 Å².